The van der Waals surface area contributed by atoms with Gasteiger partial charge in [0, 0.05) is 18.7 Å². The molecule has 0 aliphatic carbocycles. The third-order valence-corrected chi connectivity index (χ3v) is 5.06. The van der Waals surface area contributed by atoms with E-state index >= 15 is 0 Å². The van der Waals surface area contributed by atoms with Crippen molar-refractivity contribution >= 4 is 5.91 Å². The van der Waals surface area contributed by atoms with Crippen LogP contribution < -0.4 is 0 Å². The van der Waals surface area contributed by atoms with Crippen molar-refractivity contribution in [3.05, 3.63) is 53.2 Å². The fourth-order valence-electron chi connectivity index (χ4n) is 3.73. The van der Waals surface area contributed by atoms with Gasteiger partial charge in [-0.1, -0.05) is 6.07 Å². The molecule has 2 aliphatic rings. The Balaban J connectivity index is 1.31. The van der Waals surface area contributed by atoms with E-state index < -0.39 is 0 Å². The smallest absolute Gasteiger partial charge is 0.289 e. The first-order valence-corrected chi connectivity index (χ1v) is 9.07. The highest BCUT2D eigenvalue weighted by molar-refractivity contribution is 5.92. The monoisotopic (exact) mass is 356 g/mol. The predicted octanol–water partition coefficient (Wildman–Crippen LogP) is 2.88. The van der Waals surface area contributed by atoms with Gasteiger partial charge in [0.15, 0.2) is 5.76 Å². The van der Waals surface area contributed by atoms with E-state index in [0.717, 1.165) is 30.0 Å². The van der Waals surface area contributed by atoms with Gasteiger partial charge in [-0.2, -0.15) is 0 Å². The Morgan fingerprint density at radius 2 is 2.15 bits per heavy atom. The van der Waals surface area contributed by atoms with Crippen LogP contribution >= 0.6 is 0 Å². The number of hydrogen-bond acceptors (Lipinski definition) is 5. The Hall–Kier alpha value is -2.18. The van der Waals surface area contributed by atoms with Crippen molar-refractivity contribution < 1.29 is 18.7 Å². The number of rotatable bonds is 4. The summed E-state index contributed by atoms with van der Waals surface area (Å²) in [4.78, 5) is 18.7. The van der Waals surface area contributed by atoms with Gasteiger partial charge in [0.05, 0.1) is 31.5 Å². The molecule has 2 aromatic heterocycles. The third kappa shape index (κ3) is 3.52. The molecule has 4 heterocycles. The number of pyridine rings is 1. The molecule has 2 aromatic rings. The third-order valence-electron chi connectivity index (χ3n) is 5.06. The quantitative estimate of drug-likeness (QED) is 0.843. The van der Waals surface area contributed by atoms with Crippen LogP contribution in [0.4, 0.5) is 0 Å². The Morgan fingerprint density at radius 3 is 2.88 bits per heavy atom. The number of ether oxygens (including phenoxy) is 2. The number of aromatic nitrogens is 1. The minimum absolute atomic E-state index is 0.0701. The fourth-order valence-corrected chi connectivity index (χ4v) is 3.73. The van der Waals surface area contributed by atoms with Gasteiger partial charge in [-0.15, -0.1) is 0 Å². The van der Waals surface area contributed by atoms with E-state index in [1.807, 2.05) is 38.1 Å². The number of hydrogen-bond donors (Lipinski definition) is 0. The number of furan rings is 1. The zero-order valence-electron chi connectivity index (χ0n) is 15.2. The van der Waals surface area contributed by atoms with Crippen LogP contribution in [0.5, 0.6) is 0 Å². The van der Waals surface area contributed by atoms with E-state index in [1.54, 1.807) is 11.0 Å². The van der Waals surface area contributed by atoms with Crippen LogP contribution in [0.25, 0.3) is 0 Å². The predicted molar refractivity (Wildman–Crippen MR) is 94.8 cm³/mol. The molecule has 138 valence electrons. The molecule has 2 aliphatic heterocycles. The zero-order valence-corrected chi connectivity index (χ0v) is 15.2. The minimum atomic E-state index is -0.278. The van der Waals surface area contributed by atoms with Gasteiger partial charge in [-0.05, 0) is 44.5 Å². The minimum Gasteiger partial charge on any atom is -0.456 e. The van der Waals surface area contributed by atoms with Crippen LogP contribution in [0.15, 0.2) is 34.7 Å². The summed E-state index contributed by atoms with van der Waals surface area (Å²) in [6, 6.07) is 9.50. The van der Waals surface area contributed by atoms with Crippen LogP contribution in [0.1, 0.15) is 40.5 Å². The van der Waals surface area contributed by atoms with Gasteiger partial charge in [0.1, 0.15) is 11.4 Å². The van der Waals surface area contributed by atoms with E-state index in [4.69, 9.17) is 13.9 Å². The molecular formula is C20H24N2O4. The Labute approximate surface area is 153 Å². The molecule has 0 unspecified atom stereocenters. The lowest BCUT2D eigenvalue weighted by molar-refractivity contribution is -0.188. The largest absolute Gasteiger partial charge is 0.456 e. The first-order valence-electron chi connectivity index (χ1n) is 9.07. The number of nitrogens with zero attached hydrogens (tertiary/aromatic N) is 2. The summed E-state index contributed by atoms with van der Waals surface area (Å²) in [5.74, 6) is 1.07. The van der Waals surface area contributed by atoms with Crippen LogP contribution in [0.3, 0.4) is 0 Å². The number of amides is 1. The molecule has 26 heavy (non-hydrogen) atoms. The van der Waals surface area contributed by atoms with Crippen LogP contribution in [0.2, 0.25) is 0 Å². The van der Waals surface area contributed by atoms with Crippen molar-refractivity contribution in [2.75, 3.05) is 19.7 Å². The van der Waals surface area contributed by atoms with Gasteiger partial charge in [-0.25, -0.2) is 0 Å². The zero-order chi connectivity index (χ0) is 18.1. The van der Waals surface area contributed by atoms with Crippen molar-refractivity contribution in [3.8, 4) is 0 Å². The van der Waals surface area contributed by atoms with E-state index in [9.17, 15) is 4.79 Å². The maximum atomic E-state index is 12.4. The van der Waals surface area contributed by atoms with Crippen LogP contribution in [-0.2, 0) is 16.1 Å². The Kier molecular flexibility index (Phi) is 4.54. The van der Waals surface area contributed by atoms with E-state index in [0.29, 0.717) is 32.1 Å². The summed E-state index contributed by atoms with van der Waals surface area (Å²) in [6.07, 6.45) is 1.81. The van der Waals surface area contributed by atoms with Gasteiger partial charge < -0.3 is 18.8 Å². The molecule has 6 heteroatoms. The molecule has 2 saturated heterocycles. The van der Waals surface area contributed by atoms with E-state index in [2.05, 4.69) is 4.98 Å². The molecule has 0 N–H and O–H groups in total. The van der Waals surface area contributed by atoms with Crippen molar-refractivity contribution in [2.45, 2.75) is 45.0 Å². The lowest BCUT2D eigenvalue weighted by Crippen LogP contribution is -2.67. The summed E-state index contributed by atoms with van der Waals surface area (Å²) in [5.41, 5.74) is 1.67. The van der Waals surface area contributed by atoms with E-state index in [-0.39, 0.29) is 17.6 Å². The molecule has 0 aromatic carbocycles. The lowest BCUT2D eigenvalue weighted by Gasteiger charge is -2.52. The molecule has 1 amide bonds. The maximum absolute atomic E-state index is 12.4. The summed E-state index contributed by atoms with van der Waals surface area (Å²) < 4.78 is 17.5. The van der Waals surface area contributed by atoms with Crippen molar-refractivity contribution in [2.24, 2.45) is 0 Å². The average molecular weight is 356 g/mol. The van der Waals surface area contributed by atoms with Gasteiger partial charge in [0.25, 0.3) is 5.91 Å². The Bertz CT molecular complexity index is 795. The van der Waals surface area contributed by atoms with Crippen molar-refractivity contribution in [1.29, 1.82) is 0 Å². The molecular weight excluding hydrogens is 332 g/mol. The number of likely N-dealkylation sites (tertiary alicyclic amines) is 1. The molecule has 4 rings (SSSR count). The lowest BCUT2D eigenvalue weighted by atomic mass is 9.84. The highest BCUT2D eigenvalue weighted by Crippen LogP contribution is 2.36. The molecule has 0 bridgehead atoms. The molecule has 2 fully saturated rings. The summed E-state index contributed by atoms with van der Waals surface area (Å²) in [6.45, 7) is 6.17. The normalized spacial score (nSPS) is 21.6. The maximum Gasteiger partial charge on any atom is 0.289 e. The first kappa shape index (κ1) is 17.2. The van der Waals surface area contributed by atoms with E-state index in [1.165, 1.54) is 0 Å². The van der Waals surface area contributed by atoms with Crippen molar-refractivity contribution in [1.82, 2.24) is 9.88 Å². The van der Waals surface area contributed by atoms with Gasteiger partial charge in [-0.3, -0.25) is 9.78 Å². The Morgan fingerprint density at radius 1 is 1.31 bits per heavy atom. The summed E-state index contributed by atoms with van der Waals surface area (Å²) >= 11 is 0. The second-order valence-corrected chi connectivity index (χ2v) is 7.30. The highest BCUT2D eigenvalue weighted by atomic mass is 16.5. The standard InChI is InChI=1S/C20H24N2O4/c1-14-4-3-5-16(21-14)11-24-17-8-9-25-20(10-17)12-22(13-20)19(23)18-7-6-15(2)26-18/h3-7,17H,8-13H2,1-2H3/t17-/m1/s1. The SMILES string of the molecule is Cc1cccc(CO[C@@H]2CCOC3(C2)CN(C(=O)c2ccc(C)o2)C3)n1. The molecule has 6 nitrogen and oxygen atoms in total. The van der Waals surface area contributed by atoms with Crippen LogP contribution in [-0.4, -0.2) is 47.2 Å². The summed E-state index contributed by atoms with van der Waals surface area (Å²) in [7, 11) is 0. The number of carbonyl (C=O) groups is 1. The number of aryl methyl sites for hydroxylation is 2. The molecule has 1 spiro atoms. The second-order valence-electron chi connectivity index (χ2n) is 7.30. The number of carbonyl (C=O) groups excluding carboxylic acids is 1. The topological polar surface area (TPSA) is 64.8 Å². The molecule has 1 atom stereocenters. The van der Waals surface area contributed by atoms with Crippen LogP contribution in [0, 0.1) is 13.8 Å². The molecule has 0 saturated carbocycles. The van der Waals surface area contributed by atoms with Gasteiger partial charge >= 0.3 is 0 Å². The second kappa shape index (κ2) is 6.85. The first-order chi connectivity index (χ1) is 12.5. The average Bonchev–Trinajstić information content (AvgIpc) is 3.04. The highest BCUT2D eigenvalue weighted by Gasteiger charge is 2.50. The van der Waals surface area contributed by atoms with Crippen molar-refractivity contribution in [3.63, 3.8) is 0 Å². The molecule has 0 radical (unpaired) electrons. The summed E-state index contributed by atoms with van der Waals surface area (Å²) in [5, 5.41) is 0. The fraction of sp³-hybridized carbons (Fsp3) is 0.500. The van der Waals surface area contributed by atoms with Gasteiger partial charge in [0.2, 0.25) is 0 Å².